The Bertz CT molecular complexity index is 334. The second kappa shape index (κ2) is 7.12. The minimum Gasteiger partial charge on any atom is -0.379 e. The van der Waals surface area contributed by atoms with Crippen molar-refractivity contribution in [1.29, 1.82) is 0 Å². The van der Waals surface area contributed by atoms with E-state index < -0.39 is 0 Å². The Balaban J connectivity index is 1.67. The van der Waals surface area contributed by atoms with E-state index in [2.05, 4.69) is 10.2 Å². The van der Waals surface area contributed by atoms with Crippen LogP contribution >= 0.6 is 11.8 Å². The molecule has 6 nitrogen and oxygen atoms in total. The molecule has 0 unspecified atom stereocenters. The number of carbonyl (C=O) groups excluding carboxylic acids is 2. The molecular weight excluding hydrogens is 266 g/mol. The topological polar surface area (TPSA) is 61.9 Å². The van der Waals surface area contributed by atoms with Crippen molar-refractivity contribution in [2.24, 2.45) is 0 Å². The zero-order valence-corrected chi connectivity index (χ0v) is 12.1. The molecule has 1 atom stereocenters. The first-order valence-electron chi connectivity index (χ1n) is 6.66. The highest BCUT2D eigenvalue weighted by Crippen LogP contribution is 2.16. The van der Waals surface area contributed by atoms with E-state index in [0.29, 0.717) is 6.54 Å². The van der Waals surface area contributed by atoms with Crippen LogP contribution in [0.25, 0.3) is 0 Å². The number of amides is 2. The average Bonchev–Trinajstić information content (AvgIpc) is 2.76. The van der Waals surface area contributed by atoms with E-state index in [9.17, 15) is 9.59 Å². The molecule has 2 fully saturated rings. The number of morpholine rings is 1. The summed E-state index contributed by atoms with van der Waals surface area (Å²) in [6.07, 6.45) is 0. The molecule has 0 saturated carbocycles. The molecule has 2 aliphatic rings. The van der Waals surface area contributed by atoms with Crippen LogP contribution in [0, 0.1) is 0 Å². The van der Waals surface area contributed by atoms with Gasteiger partial charge in [-0.1, -0.05) is 11.8 Å². The molecule has 108 valence electrons. The van der Waals surface area contributed by atoms with E-state index in [1.807, 2.05) is 6.92 Å². The predicted molar refractivity (Wildman–Crippen MR) is 74.3 cm³/mol. The summed E-state index contributed by atoms with van der Waals surface area (Å²) >= 11 is 1.28. The summed E-state index contributed by atoms with van der Waals surface area (Å²) in [5, 5.41) is 2.96. The van der Waals surface area contributed by atoms with Crippen LogP contribution in [-0.4, -0.2) is 78.7 Å². The van der Waals surface area contributed by atoms with E-state index >= 15 is 0 Å². The van der Waals surface area contributed by atoms with Crippen molar-refractivity contribution in [3.63, 3.8) is 0 Å². The van der Waals surface area contributed by atoms with Gasteiger partial charge >= 0.3 is 0 Å². The minimum atomic E-state index is -0.0726. The molecule has 0 spiro atoms. The van der Waals surface area contributed by atoms with Gasteiger partial charge in [0.1, 0.15) is 6.54 Å². The first-order chi connectivity index (χ1) is 9.15. The Labute approximate surface area is 117 Å². The lowest BCUT2D eigenvalue weighted by Gasteiger charge is -2.29. The third-order valence-corrected chi connectivity index (χ3v) is 4.11. The van der Waals surface area contributed by atoms with Crippen molar-refractivity contribution >= 4 is 22.9 Å². The number of ether oxygens (including phenoxy) is 1. The fourth-order valence-corrected chi connectivity index (χ4v) is 3.10. The third-order valence-electron chi connectivity index (χ3n) is 3.22. The maximum absolute atomic E-state index is 11.8. The van der Waals surface area contributed by atoms with Crippen molar-refractivity contribution in [3.8, 4) is 0 Å². The first kappa shape index (κ1) is 14.6. The van der Waals surface area contributed by atoms with Crippen LogP contribution in [0.3, 0.4) is 0 Å². The zero-order valence-electron chi connectivity index (χ0n) is 11.3. The Morgan fingerprint density at radius 1 is 1.42 bits per heavy atom. The molecule has 7 heteroatoms. The summed E-state index contributed by atoms with van der Waals surface area (Å²) in [6, 6.07) is 0.0935. The zero-order chi connectivity index (χ0) is 13.7. The van der Waals surface area contributed by atoms with Crippen LogP contribution in [0.2, 0.25) is 0 Å². The predicted octanol–water partition coefficient (Wildman–Crippen LogP) is -0.00790. The van der Waals surface area contributed by atoms with Crippen LogP contribution in [-0.2, 0) is 9.53 Å². The number of rotatable bonds is 5. The number of nitrogens with one attached hydrogen (secondary N) is 1. The van der Waals surface area contributed by atoms with Crippen molar-refractivity contribution in [1.82, 2.24) is 15.1 Å². The largest absolute Gasteiger partial charge is 0.379 e. The smallest absolute Gasteiger partial charge is 0.282 e. The molecule has 0 aromatic heterocycles. The Hall–Kier alpha value is -0.790. The van der Waals surface area contributed by atoms with Crippen molar-refractivity contribution < 1.29 is 14.3 Å². The third kappa shape index (κ3) is 4.67. The van der Waals surface area contributed by atoms with Crippen molar-refractivity contribution in [2.75, 3.05) is 51.7 Å². The Morgan fingerprint density at radius 2 is 2.16 bits per heavy atom. The average molecular weight is 287 g/mol. The molecule has 2 amide bonds. The molecule has 0 aromatic carbocycles. The summed E-state index contributed by atoms with van der Waals surface area (Å²) in [6.45, 7) is 7.04. The van der Waals surface area contributed by atoms with Gasteiger partial charge in [-0.05, 0) is 6.92 Å². The molecule has 0 aromatic rings. The van der Waals surface area contributed by atoms with Gasteiger partial charge in [0.05, 0.1) is 13.2 Å². The van der Waals surface area contributed by atoms with Crippen molar-refractivity contribution in [2.45, 2.75) is 13.0 Å². The van der Waals surface area contributed by atoms with E-state index in [0.717, 1.165) is 38.6 Å². The van der Waals surface area contributed by atoms with E-state index in [-0.39, 0.29) is 23.7 Å². The van der Waals surface area contributed by atoms with Gasteiger partial charge in [-0.3, -0.25) is 14.5 Å². The second-order valence-corrected chi connectivity index (χ2v) is 5.96. The highest BCUT2D eigenvalue weighted by atomic mass is 32.2. The molecule has 2 heterocycles. The minimum absolute atomic E-state index is 0.0102. The van der Waals surface area contributed by atoms with Crippen molar-refractivity contribution in [3.05, 3.63) is 0 Å². The van der Waals surface area contributed by atoms with Crippen LogP contribution in [0.5, 0.6) is 0 Å². The highest BCUT2D eigenvalue weighted by Gasteiger charge is 2.24. The molecule has 2 rings (SSSR count). The van der Waals surface area contributed by atoms with Gasteiger partial charge in [0.25, 0.3) is 5.24 Å². The number of nitrogens with zero attached hydrogens (tertiary/aromatic N) is 2. The lowest BCUT2D eigenvalue weighted by atomic mass is 10.3. The molecule has 2 aliphatic heterocycles. The molecule has 0 radical (unpaired) electrons. The van der Waals surface area contributed by atoms with E-state index in [4.69, 9.17) is 4.74 Å². The molecular formula is C12H21N3O3S. The van der Waals surface area contributed by atoms with Crippen LogP contribution in [0.1, 0.15) is 6.92 Å². The van der Waals surface area contributed by atoms with Gasteiger partial charge in [-0.2, -0.15) is 0 Å². The normalized spacial score (nSPS) is 22.6. The highest BCUT2D eigenvalue weighted by molar-refractivity contribution is 8.13. The van der Waals surface area contributed by atoms with Crippen LogP contribution in [0.4, 0.5) is 4.79 Å². The standard InChI is InChI=1S/C12H21N3O3S/c1-10(8-14-2-5-18-6-3-14)13-11(16)9-15-4-7-19-12(15)17/h10H,2-9H2,1H3,(H,13,16)/t10-/m0/s1. The van der Waals surface area contributed by atoms with Crippen LogP contribution < -0.4 is 5.32 Å². The lowest BCUT2D eigenvalue weighted by molar-refractivity contribution is -0.122. The maximum atomic E-state index is 11.8. The fourth-order valence-electron chi connectivity index (χ4n) is 2.28. The SMILES string of the molecule is C[C@@H](CN1CCOCC1)NC(=O)CN1CCSC1=O. The Kier molecular flexibility index (Phi) is 5.47. The second-order valence-electron chi connectivity index (χ2n) is 4.92. The van der Waals surface area contributed by atoms with Gasteiger partial charge in [0, 0.05) is 38.0 Å². The molecule has 0 bridgehead atoms. The van der Waals surface area contributed by atoms with E-state index in [1.165, 1.54) is 11.8 Å². The monoisotopic (exact) mass is 287 g/mol. The fraction of sp³-hybridized carbons (Fsp3) is 0.833. The number of hydrogen-bond acceptors (Lipinski definition) is 5. The maximum Gasteiger partial charge on any atom is 0.282 e. The summed E-state index contributed by atoms with van der Waals surface area (Å²) in [5.74, 6) is 0.715. The Morgan fingerprint density at radius 3 is 2.79 bits per heavy atom. The summed E-state index contributed by atoms with van der Waals surface area (Å²) < 4.78 is 5.29. The van der Waals surface area contributed by atoms with Gasteiger partial charge in [-0.15, -0.1) is 0 Å². The van der Waals surface area contributed by atoms with Gasteiger partial charge < -0.3 is 15.0 Å². The summed E-state index contributed by atoms with van der Waals surface area (Å²) in [4.78, 5) is 27.1. The molecule has 1 N–H and O–H groups in total. The summed E-state index contributed by atoms with van der Waals surface area (Å²) in [7, 11) is 0. The molecule has 0 aliphatic carbocycles. The quantitative estimate of drug-likeness (QED) is 0.771. The molecule has 19 heavy (non-hydrogen) atoms. The molecule has 2 saturated heterocycles. The number of thioether (sulfide) groups is 1. The first-order valence-corrected chi connectivity index (χ1v) is 7.65. The van der Waals surface area contributed by atoms with Crippen LogP contribution in [0.15, 0.2) is 0 Å². The number of hydrogen-bond donors (Lipinski definition) is 1. The number of carbonyl (C=O) groups is 2. The van der Waals surface area contributed by atoms with Gasteiger partial charge in [-0.25, -0.2) is 0 Å². The lowest BCUT2D eigenvalue weighted by Crippen LogP contribution is -2.48. The van der Waals surface area contributed by atoms with Gasteiger partial charge in [0.2, 0.25) is 5.91 Å². The van der Waals surface area contributed by atoms with E-state index in [1.54, 1.807) is 4.90 Å². The summed E-state index contributed by atoms with van der Waals surface area (Å²) in [5.41, 5.74) is 0. The van der Waals surface area contributed by atoms with Gasteiger partial charge in [0.15, 0.2) is 0 Å².